The molecular weight excluding hydrogens is 284 g/mol. The number of hydrogen-bond acceptors (Lipinski definition) is 5. The lowest BCUT2D eigenvalue weighted by molar-refractivity contribution is -0.109. The lowest BCUT2D eigenvalue weighted by atomic mass is 10.2. The Bertz CT molecular complexity index is 452. The van der Waals surface area contributed by atoms with Crippen LogP contribution in [0.2, 0.25) is 0 Å². The van der Waals surface area contributed by atoms with Crippen molar-refractivity contribution in [1.82, 2.24) is 0 Å². The maximum atomic E-state index is 11.1. The van der Waals surface area contributed by atoms with Crippen molar-refractivity contribution in [3.05, 3.63) is 23.8 Å². The van der Waals surface area contributed by atoms with E-state index in [2.05, 4.69) is 0 Å². The lowest BCUT2D eigenvalue weighted by Crippen LogP contribution is -2.26. The van der Waals surface area contributed by atoms with E-state index >= 15 is 0 Å². The molecule has 2 heterocycles. The summed E-state index contributed by atoms with van der Waals surface area (Å²) in [4.78, 5) is 11.1. The van der Waals surface area contributed by atoms with Gasteiger partial charge in [-0.1, -0.05) is 0 Å². The summed E-state index contributed by atoms with van der Waals surface area (Å²) in [6.45, 7) is 1.44. The summed E-state index contributed by atoms with van der Waals surface area (Å²) >= 11 is 0. The first-order chi connectivity index (χ1) is 10.8. The third kappa shape index (κ3) is 4.21. The Labute approximate surface area is 130 Å². The second-order valence-electron chi connectivity index (χ2n) is 5.68. The Hall–Kier alpha value is -1.59. The predicted octanol–water partition coefficient (Wildman–Crippen LogP) is 3.31. The molecular formula is C17H22O5. The van der Waals surface area contributed by atoms with Crippen LogP contribution >= 0.6 is 0 Å². The van der Waals surface area contributed by atoms with Gasteiger partial charge in [0, 0.05) is 24.5 Å². The van der Waals surface area contributed by atoms with Crippen LogP contribution < -0.4 is 9.47 Å². The van der Waals surface area contributed by atoms with Crippen molar-refractivity contribution in [3.8, 4) is 11.5 Å². The fraction of sp³-hybridized carbons (Fsp3) is 0.588. The van der Waals surface area contributed by atoms with Gasteiger partial charge in [0.25, 0.3) is 0 Å². The minimum atomic E-state index is -0.241. The Kier molecular flexibility index (Phi) is 5.29. The summed E-state index contributed by atoms with van der Waals surface area (Å²) in [6.07, 6.45) is 6.38. The third-order valence-corrected chi connectivity index (χ3v) is 3.85. The van der Waals surface area contributed by atoms with E-state index in [9.17, 15) is 4.79 Å². The largest absolute Gasteiger partial charge is 0.465 e. The molecule has 3 rings (SSSR count). The number of carbonyl (C=O) groups is 1. The van der Waals surface area contributed by atoms with Crippen LogP contribution in [0, 0.1) is 0 Å². The Balaban J connectivity index is 1.69. The molecule has 22 heavy (non-hydrogen) atoms. The molecule has 0 aromatic heterocycles. The Morgan fingerprint density at radius 2 is 1.41 bits per heavy atom. The maximum absolute atomic E-state index is 11.1. The molecule has 1 aromatic carbocycles. The molecule has 0 aliphatic carbocycles. The zero-order valence-corrected chi connectivity index (χ0v) is 12.7. The van der Waals surface area contributed by atoms with Gasteiger partial charge in [0.2, 0.25) is 0 Å². The molecule has 0 spiro atoms. The lowest BCUT2D eigenvalue weighted by Gasteiger charge is -2.25. The van der Waals surface area contributed by atoms with Crippen LogP contribution in [0.5, 0.6) is 11.5 Å². The van der Waals surface area contributed by atoms with Crippen LogP contribution in [-0.4, -0.2) is 32.1 Å². The maximum Gasteiger partial charge on any atom is 0.199 e. The van der Waals surface area contributed by atoms with Gasteiger partial charge in [-0.2, -0.15) is 0 Å². The predicted molar refractivity (Wildman–Crippen MR) is 80.3 cm³/mol. The highest BCUT2D eigenvalue weighted by atomic mass is 16.7. The number of aldehydes is 1. The molecule has 5 nitrogen and oxygen atoms in total. The van der Waals surface area contributed by atoms with E-state index < -0.39 is 0 Å². The second-order valence-corrected chi connectivity index (χ2v) is 5.68. The zero-order chi connectivity index (χ0) is 15.2. The minimum absolute atomic E-state index is 0.241. The van der Waals surface area contributed by atoms with Crippen molar-refractivity contribution >= 4 is 6.29 Å². The van der Waals surface area contributed by atoms with Crippen molar-refractivity contribution in [2.24, 2.45) is 0 Å². The van der Waals surface area contributed by atoms with Gasteiger partial charge in [-0.05, 0) is 37.8 Å². The SMILES string of the molecule is O=Cc1cc(O[C@H]2CCCCO2)cc(O[C@H]2CCCCO2)c1. The standard InChI is InChI=1S/C17H22O5/c18-12-13-9-14(21-16-5-1-3-7-19-16)11-15(10-13)22-17-6-2-4-8-20-17/h9-12,16-17H,1-8H2/t16-,17-/m0/s1. The molecule has 1 aromatic rings. The minimum Gasteiger partial charge on any atom is -0.465 e. The second kappa shape index (κ2) is 7.61. The molecule has 2 aliphatic heterocycles. The molecule has 120 valence electrons. The summed E-state index contributed by atoms with van der Waals surface area (Å²) in [5.74, 6) is 1.20. The number of carbonyl (C=O) groups excluding carboxylic acids is 1. The molecule has 0 saturated carbocycles. The quantitative estimate of drug-likeness (QED) is 0.781. The Morgan fingerprint density at radius 1 is 0.864 bits per heavy atom. The Morgan fingerprint density at radius 3 is 1.82 bits per heavy atom. The molecule has 2 aliphatic rings. The summed E-state index contributed by atoms with van der Waals surface area (Å²) in [5, 5.41) is 0. The third-order valence-electron chi connectivity index (χ3n) is 3.85. The molecule has 2 fully saturated rings. The molecule has 0 N–H and O–H groups in total. The summed E-state index contributed by atoms with van der Waals surface area (Å²) in [5.41, 5.74) is 0.527. The van der Waals surface area contributed by atoms with Gasteiger partial charge in [0.1, 0.15) is 17.8 Å². The van der Waals surface area contributed by atoms with E-state index in [0.717, 1.165) is 58.0 Å². The first kappa shape index (κ1) is 15.3. The average Bonchev–Trinajstić information content (AvgIpc) is 2.56. The highest BCUT2D eigenvalue weighted by Crippen LogP contribution is 2.27. The average molecular weight is 306 g/mol. The van der Waals surface area contributed by atoms with Crippen LogP contribution in [0.3, 0.4) is 0 Å². The smallest absolute Gasteiger partial charge is 0.199 e. The molecule has 0 amide bonds. The number of hydrogen-bond donors (Lipinski definition) is 0. The van der Waals surface area contributed by atoms with Gasteiger partial charge >= 0.3 is 0 Å². The first-order valence-corrected chi connectivity index (χ1v) is 8.00. The number of benzene rings is 1. The van der Waals surface area contributed by atoms with Gasteiger partial charge in [-0.15, -0.1) is 0 Å². The van der Waals surface area contributed by atoms with Crippen molar-refractivity contribution in [1.29, 1.82) is 0 Å². The number of rotatable bonds is 5. The van der Waals surface area contributed by atoms with E-state index in [0.29, 0.717) is 17.1 Å². The summed E-state index contributed by atoms with van der Waals surface area (Å²) in [7, 11) is 0. The van der Waals surface area contributed by atoms with E-state index in [1.165, 1.54) is 0 Å². The van der Waals surface area contributed by atoms with E-state index in [4.69, 9.17) is 18.9 Å². The van der Waals surface area contributed by atoms with Crippen LogP contribution in [0.25, 0.3) is 0 Å². The zero-order valence-electron chi connectivity index (χ0n) is 12.7. The topological polar surface area (TPSA) is 54.0 Å². The molecule has 0 radical (unpaired) electrons. The highest BCUT2D eigenvalue weighted by Gasteiger charge is 2.18. The van der Waals surface area contributed by atoms with Gasteiger partial charge in [0.05, 0.1) is 13.2 Å². The van der Waals surface area contributed by atoms with Crippen molar-refractivity contribution in [3.63, 3.8) is 0 Å². The van der Waals surface area contributed by atoms with Crippen molar-refractivity contribution in [2.75, 3.05) is 13.2 Å². The van der Waals surface area contributed by atoms with Gasteiger partial charge in [-0.3, -0.25) is 4.79 Å². The van der Waals surface area contributed by atoms with Gasteiger partial charge in [-0.25, -0.2) is 0 Å². The van der Waals surface area contributed by atoms with Crippen molar-refractivity contribution < 1.29 is 23.7 Å². The monoisotopic (exact) mass is 306 g/mol. The molecule has 0 unspecified atom stereocenters. The van der Waals surface area contributed by atoms with Crippen LogP contribution in [0.4, 0.5) is 0 Å². The summed E-state index contributed by atoms with van der Waals surface area (Å²) < 4.78 is 22.8. The van der Waals surface area contributed by atoms with Crippen LogP contribution in [0.1, 0.15) is 48.9 Å². The van der Waals surface area contributed by atoms with Crippen molar-refractivity contribution in [2.45, 2.75) is 51.1 Å². The first-order valence-electron chi connectivity index (χ1n) is 8.00. The van der Waals surface area contributed by atoms with E-state index in [1.54, 1.807) is 18.2 Å². The summed E-state index contributed by atoms with van der Waals surface area (Å²) in [6, 6.07) is 5.21. The highest BCUT2D eigenvalue weighted by molar-refractivity contribution is 5.76. The fourth-order valence-electron chi connectivity index (χ4n) is 2.71. The van der Waals surface area contributed by atoms with E-state index in [-0.39, 0.29) is 12.6 Å². The van der Waals surface area contributed by atoms with E-state index in [1.807, 2.05) is 0 Å². The van der Waals surface area contributed by atoms with Gasteiger partial charge < -0.3 is 18.9 Å². The molecule has 2 atom stereocenters. The number of ether oxygens (including phenoxy) is 4. The molecule has 2 saturated heterocycles. The van der Waals surface area contributed by atoms with Gasteiger partial charge in [0.15, 0.2) is 12.6 Å². The molecule has 5 heteroatoms. The normalized spacial score (nSPS) is 25.5. The fourth-order valence-corrected chi connectivity index (χ4v) is 2.71. The van der Waals surface area contributed by atoms with Crippen LogP contribution in [-0.2, 0) is 9.47 Å². The molecule has 0 bridgehead atoms. The van der Waals surface area contributed by atoms with Crippen LogP contribution in [0.15, 0.2) is 18.2 Å².